The van der Waals surface area contributed by atoms with Gasteiger partial charge in [-0.25, -0.2) is 0 Å². The van der Waals surface area contributed by atoms with Gasteiger partial charge in [-0.05, 0) is 62.2 Å². The molecule has 1 amide bonds. The fraction of sp³-hybridized carbons (Fsp3) is 0.833. The molecule has 5 saturated carbocycles. The highest BCUT2D eigenvalue weighted by Gasteiger charge is 2.61. The number of nitriles is 1. The molecule has 4 bridgehead atoms. The predicted octanol–water partition coefficient (Wildman–Crippen LogP) is 1.22. The molecule has 1 saturated heterocycles. The monoisotopic (exact) mass is 313 g/mol. The molecule has 6 atom stereocenters. The normalized spacial score (nSPS) is 50.6. The van der Waals surface area contributed by atoms with Gasteiger partial charge in [0, 0.05) is 17.9 Å². The van der Waals surface area contributed by atoms with Crippen molar-refractivity contribution in [3.05, 3.63) is 0 Å². The van der Waals surface area contributed by atoms with Crippen LogP contribution in [0.2, 0.25) is 0 Å². The first-order valence-electron chi connectivity index (χ1n) is 9.03. The fourth-order valence-electron chi connectivity index (χ4n) is 6.50. The summed E-state index contributed by atoms with van der Waals surface area (Å²) in [6.07, 6.45) is 6.46. The minimum atomic E-state index is -0.529. The third-order valence-electron chi connectivity index (χ3n) is 7.48. The van der Waals surface area contributed by atoms with Gasteiger partial charge in [0.15, 0.2) is 0 Å². The Balaban J connectivity index is 1.42. The lowest BCUT2D eigenvalue weighted by Crippen LogP contribution is -2.62. The molecule has 0 aromatic carbocycles. The van der Waals surface area contributed by atoms with Gasteiger partial charge in [0.05, 0.1) is 12.1 Å². The molecule has 6 unspecified atom stereocenters. The largest absolute Gasteiger partial charge is 0.322 e. The van der Waals surface area contributed by atoms with Crippen molar-refractivity contribution < 1.29 is 9.59 Å². The highest BCUT2D eigenvalue weighted by molar-refractivity contribution is 5.88. The summed E-state index contributed by atoms with van der Waals surface area (Å²) < 4.78 is 0. The lowest BCUT2D eigenvalue weighted by Gasteiger charge is -2.57. The maximum absolute atomic E-state index is 13.1. The molecule has 5 heteroatoms. The standard InChI is InChI=1S/C18H23N3O2/c19-8-13-3-10-4-14(10)21(13)17(23)16(20)18-5-9-1-11(6-18)15(22)12(2-9)7-18/h9-14,16H,1-7,20H2. The van der Waals surface area contributed by atoms with Crippen LogP contribution in [-0.4, -0.2) is 34.7 Å². The summed E-state index contributed by atoms with van der Waals surface area (Å²) in [5.74, 6) is 1.78. The Morgan fingerprint density at radius 2 is 1.91 bits per heavy atom. The molecule has 2 N–H and O–H groups in total. The average molecular weight is 313 g/mol. The number of hydrogen-bond donors (Lipinski definition) is 1. The Morgan fingerprint density at radius 1 is 1.22 bits per heavy atom. The van der Waals surface area contributed by atoms with Crippen molar-refractivity contribution in [3.8, 4) is 6.07 Å². The van der Waals surface area contributed by atoms with Crippen molar-refractivity contribution in [2.75, 3.05) is 0 Å². The average Bonchev–Trinajstić information content (AvgIpc) is 3.20. The van der Waals surface area contributed by atoms with Crippen molar-refractivity contribution >= 4 is 11.7 Å². The molecule has 122 valence electrons. The Bertz CT molecular complexity index is 621. The van der Waals surface area contributed by atoms with Crippen LogP contribution in [0.15, 0.2) is 0 Å². The molecule has 0 aromatic rings. The zero-order chi connectivity index (χ0) is 15.9. The summed E-state index contributed by atoms with van der Waals surface area (Å²) in [7, 11) is 0. The number of fused-ring (bicyclic) bond motifs is 1. The Morgan fingerprint density at radius 3 is 2.57 bits per heavy atom. The second kappa shape index (κ2) is 4.36. The fourth-order valence-corrected chi connectivity index (χ4v) is 6.50. The van der Waals surface area contributed by atoms with E-state index in [4.69, 9.17) is 5.73 Å². The summed E-state index contributed by atoms with van der Waals surface area (Å²) in [5.41, 5.74) is 6.34. The maximum Gasteiger partial charge on any atom is 0.241 e. The molecule has 1 heterocycles. The molecule has 5 nitrogen and oxygen atoms in total. The van der Waals surface area contributed by atoms with Crippen LogP contribution < -0.4 is 5.73 Å². The predicted molar refractivity (Wildman–Crippen MR) is 81.7 cm³/mol. The van der Waals surface area contributed by atoms with Crippen molar-refractivity contribution in [1.29, 1.82) is 5.26 Å². The number of Topliss-reactive ketones (excluding diaryl/α,β-unsaturated/α-hetero) is 1. The van der Waals surface area contributed by atoms with E-state index in [2.05, 4.69) is 6.07 Å². The second-order valence-electron chi connectivity index (χ2n) is 8.78. The van der Waals surface area contributed by atoms with Crippen LogP contribution in [0, 0.1) is 40.4 Å². The third kappa shape index (κ3) is 1.76. The van der Waals surface area contributed by atoms with Gasteiger partial charge in [0.1, 0.15) is 11.8 Å². The summed E-state index contributed by atoms with van der Waals surface area (Å²) in [6, 6.07) is 1.73. The van der Waals surface area contributed by atoms with Crippen LogP contribution >= 0.6 is 0 Å². The number of amides is 1. The van der Waals surface area contributed by atoms with Gasteiger partial charge in [0.2, 0.25) is 5.91 Å². The molecule has 23 heavy (non-hydrogen) atoms. The molecular weight excluding hydrogens is 290 g/mol. The van der Waals surface area contributed by atoms with Gasteiger partial charge in [0.25, 0.3) is 0 Å². The highest BCUT2D eigenvalue weighted by atomic mass is 16.2. The van der Waals surface area contributed by atoms with Crippen LogP contribution in [0.5, 0.6) is 0 Å². The lowest BCUT2D eigenvalue weighted by atomic mass is 9.47. The van der Waals surface area contributed by atoms with Gasteiger partial charge in [-0.3, -0.25) is 9.59 Å². The van der Waals surface area contributed by atoms with E-state index in [0.29, 0.717) is 17.6 Å². The Hall–Kier alpha value is -1.41. The van der Waals surface area contributed by atoms with Crippen LogP contribution in [-0.2, 0) is 9.59 Å². The van der Waals surface area contributed by atoms with Gasteiger partial charge >= 0.3 is 0 Å². The molecule has 6 rings (SSSR count). The van der Waals surface area contributed by atoms with Crippen LogP contribution in [0.4, 0.5) is 0 Å². The van der Waals surface area contributed by atoms with Gasteiger partial charge in [-0.15, -0.1) is 0 Å². The van der Waals surface area contributed by atoms with Crippen molar-refractivity contribution in [2.24, 2.45) is 34.8 Å². The number of nitrogens with zero attached hydrogens (tertiary/aromatic N) is 2. The lowest BCUT2D eigenvalue weighted by molar-refractivity contribution is -0.156. The van der Waals surface area contributed by atoms with Gasteiger partial charge in [-0.2, -0.15) is 5.26 Å². The number of hydrogen-bond acceptors (Lipinski definition) is 4. The number of carbonyl (C=O) groups excluding carboxylic acids is 2. The molecule has 0 aromatic heterocycles. The molecule has 0 radical (unpaired) electrons. The number of carbonyl (C=O) groups is 2. The smallest absolute Gasteiger partial charge is 0.241 e. The summed E-state index contributed by atoms with van der Waals surface area (Å²) in [5, 5.41) is 9.34. The second-order valence-corrected chi connectivity index (χ2v) is 8.78. The zero-order valence-electron chi connectivity index (χ0n) is 13.3. The number of piperidine rings is 1. The van der Waals surface area contributed by atoms with Crippen LogP contribution in [0.1, 0.15) is 44.9 Å². The number of ketones is 1. The van der Waals surface area contributed by atoms with E-state index in [0.717, 1.165) is 44.9 Å². The number of likely N-dealkylation sites (tertiary alicyclic amines) is 1. The number of nitrogens with two attached hydrogens (primary N) is 1. The van der Waals surface area contributed by atoms with E-state index in [1.54, 1.807) is 4.90 Å². The molecule has 0 spiro atoms. The minimum Gasteiger partial charge on any atom is -0.322 e. The summed E-state index contributed by atoms with van der Waals surface area (Å²) in [4.78, 5) is 27.3. The van der Waals surface area contributed by atoms with Gasteiger partial charge < -0.3 is 10.6 Å². The molecule has 6 aliphatic rings. The third-order valence-corrected chi connectivity index (χ3v) is 7.48. The van der Waals surface area contributed by atoms with Crippen molar-refractivity contribution in [1.82, 2.24) is 4.90 Å². The van der Waals surface area contributed by atoms with E-state index in [1.165, 1.54) is 0 Å². The molecular formula is C18H23N3O2. The summed E-state index contributed by atoms with van der Waals surface area (Å²) >= 11 is 0. The number of rotatable bonds is 2. The first-order valence-corrected chi connectivity index (χ1v) is 9.03. The zero-order valence-corrected chi connectivity index (χ0v) is 13.3. The van der Waals surface area contributed by atoms with Crippen LogP contribution in [0.25, 0.3) is 0 Å². The van der Waals surface area contributed by atoms with E-state index >= 15 is 0 Å². The van der Waals surface area contributed by atoms with Crippen LogP contribution in [0.3, 0.4) is 0 Å². The van der Waals surface area contributed by atoms with Gasteiger partial charge in [-0.1, -0.05) is 0 Å². The van der Waals surface area contributed by atoms with E-state index < -0.39 is 6.04 Å². The minimum absolute atomic E-state index is 0.0176. The highest BCUT2D eigenvalue weighted by Crippen LogP contribution is 2.60. The molecule has 6 fully saturated rings. The Kier molecular flexibility index (Phi) is 2.65. The topological polar surface area (TPSA) is 87.2 Å². The van der Waals surface area contributed by atoms with E-state index in [1.807, 2.05) is 0 Å². The summed E-state index contributed by atoms with van der Waals surface area (Å²) in [6.45, 7) is 0. The maximum atomic E-state index is 13.1. The van der Waals surface area contributed by atoms with Crippen molar-refractivity contribution in [2.45, 2.75) is 63.1 Å². The first-order chi connectivity index (χ1) is 11.0. The SMILES string of the molecule is N#CC1CC2CC2N1C(=O)C(N)C12CC3CC(C1)C(=O)C(C3)C2. The van der Waals surface area contributed by atoms with E-state index in [9.17, 15) is 14.9 Å². The quantitative estimate of drug-likeness (QED) is 0.830. The Labute approximate surface area is 136 Å². The first kappa shape index (κ1) is 14.0. The molecule has 5 aliphatic carbocycles. The van der Waals surface area contributed by atoms with E-state index in [-0.39, 0.29) is 35.2 Å². The molecule has 1 aliphatic heterocycles. The van der Waals surface area contributed by atoms with Crippen molar-refractivity contribution in [3.63, 3.8) is 0 Å².